The van der Waals surface area contributed by atoms with Crippen LogP contribution >= 0.6 is 11.3 Å². The molecule has 1 aromatic heterocycles. The Bertz CT molecular complexity index is 712. The number of hydrogen-bond acceptors (Lipinski definition) is 5. The van der Waals surface area contributed by atoms with Crippen LogP contribution in [-0.4, -0.2) is 20.6 Å². The van der Waals surface area contributed by atoms with E-state index >= 15 is 0 Å². The van der Waals surface area contributed by atoms with Crippen LogP contribution in [-0.2, 0) is 16.6 Å². The highest BCUT2D eigenvalue weighted by Crippen LogP contribution is 2.26. The summed E-state index contributed by atoms with van der Waals surface area (Å²) in [6.45, 7) is -0.250. The number of benzene rings is 1. The highest BCUT2D eigenvalue weighted by molar-refractivity contribution is 7.94. The standard InChI is InChI=1S/C12H12FNO4S2/c1-18-9-2-3-10(13)11(5-9)14-20(16,17)12-4-8(6-15)7-19-12/h2-5,7,14-15H,6H2,1H3. The lowest BCUT2D eigenvalue weighted by Crippen LogP contribution is -2.12. The normalized spacial score (nSPS) is 11.3. The lowest BCUT2D eigenvalue weighted by atomic mass is 10.3. The molecule has 0 aliphatic heterocycles. The lowest BCUT2D eigenvalue weighted by Gasteiger charge is -2.09. The summed E-state index contributed by atoms with van der Waals surface area (Å²) in [5.41, 5.74) is 0.296. The van der Waals surface area contributed by atoms with Gasteiger partial charge in [-0.2, -0.15) is 0 Å². The fourth-order valence-electron chi connectivity index (χ4n) is 1.48. The van der Waals surface area contributed by atoms with Gasteiger partial charge in [0.1, 0.15) is 15.8 Å². The molecule has 1 aromatic carbocycles. The molecule has 0 aliphatic carbocycles. The van der Waals surface area contributed by atoms with Crippen LogP contribution in [0.5, 0.6) is 5.75 Å². The first-order valence-corrected chi connectivity index (χ1v) is 7.87. The van der Waals surface area contributed by atoms with Gasteiger partial charge in [-0.25, -0.2) is 12.8 Å². The minimum Gasteiger partial charge on any atom is -0.497 e. The molecule has 5 nitrogen and oxygen atoms in total. The SMILES string of the molecule is COc1ccc(F)c(NS(=O)(=O)c2cc(CO)cs2)c1. The third-order valence-electron chi connectivity index (χ3n) is 2.49. The van der Waals surface area contributed by atoms with Crippen molar-refractivity contribution in [1.82, 2.24) is 0 Å². The van der Waals surface area contributed by atoms with Crippen LogP contribution in [0.3, 0.4) is 0 Å². The van der Waals surface area contributed by atoms with Crippen LogP contribution in [0.4, 0.5) is 10.1 Å². The first-order valence-electron chi connectivity index (χ1n) is 5.51. The van der Waals surface area contributed by atoms with Gasteiger partial charge in [0.2, 0.25) is 0 Å². The molecule has 0 radical (unpaired) electrons. The minimum atomic E-state index is -3.89. The number of methoxy groups -OCH3 is 1. The van der Waals surface area contributed by atoms with Crippen LogP contribution in [0.2, 0.25) is 0 Å². The molecule has 0 saturated carbocycles. The van der Waals surface area contributed by atoms with Crippen molar-refractivity contribution in [2.45, 2.75) is 10.8 Å². The molecule has 0 fully saturated rings. The van der Waals surface area contributed by atoms with E-state index in [0.717, 1.165) is 17.4 Å². The van der Waals surface area contributed by atoms with Crippen molar-refractivity contribution in [2.75, 3.05) is 11.8 Å². The number of halogens is 1. The van der Waals surface area contributed by atoms with Gasteiger partial charge in [0, 0.05) is 6.07 Å². The van der Waals surface area contributed by atoms with Crippen molar-refractivity contribution < 1.29 is 22.7 Å². The van der Waals surface area contributed by atoms with Gasteiger partial charge in [-0.3, -0.25) is 4.72 Å². The monoisotopic (exact) mass is 317 g/mol. The largest absolute Gasteiger partial charge is 0.497 e. The van der Waals surface area contributed by atoms with Crippen LogP contribution < -0.4 is 9.46 Å². The van der Waals surface area contributed by atoms with E-state index in [0.29, 0.717) is 11.3 Å². The Morgan fingerprint density at radius 2 is 2.15 bits per heavy atom. The molecular formula is C12H12FNO4S2. The predicted molar refractivity (Wildman–Crippen MR) is 74.0 cm³/mol. The number of rotatable bonds is 5. The summed E-state index contributed by atoms with van der Waals surface area (Å²) >= 11 is 0.952. The summed E-state index contributed by atoms with van der Waals surface area (Å²) in [6.07, 6.45) is 0. The zero-order valence-corrected chi connectivity index (χ0v) is 12.1. The van der Waals surface area contributed by atoms with Crippen LogP contribution in [0.25, 0.3) is 0 Å². The number of aliphatic hydroxyl groups is 1. The third kappa shape index (κ3) is 3.09. The maximum absolute atomic E-state index is 13.6. The van der Waals surface area contributed by atoms with E-state index in [9.17, 15) is 12.8 Å². The van der Waals surface area contributed by atoms with Crippen molar-refractivity contribution in [3.05, 3.63) is 41.0 Å². The smallest absolute Gasteiger partial charge is 0.271 e. The molecule has 2 rings (SSSR count). The highest BCUT2D eigenvalue weighted by atomic mass is 32.2. The quantitative estimate of drug-likeness (QED) is 0.886. The van der Waals surface area contributed by atoms with Gasteiger partial charge in [0.25, 0.3) is 10.0 Å². The van der Waals surface area contributed by atoms with E-state index in [2.05, 4.69) is 4.72 Å². The van der Waals surface area contributed by atoms with Gasteiger partial charge in [0.15, 0.2) is 0 Å². The first-order chi connectivity index (χ1) is 9.46. The van der Waals surface area contributed by atoms with E-state index in [1.165, 1.54) is 30.7 Å². The average Bonchev–Trinajstić information content (AvgIpc) is 2.91. The molecule has 0 atom stereocenters. The van der Waals surface area contributed by atoms with Gasteiger partial charge < -0.3 is 9.84 Å². The summed E-state index contributed by atoms with van der Waals surface area (Å²) in [4.78, 5) is 0. The van der Waals surface area contributed by atoms with E-state index in [4.69, 9.17) is 9.84 Å². The van der Waals surface area contributed by atoms with Crippen molar-refractivity contribution in [3.63, 3.8) is 0 Å². The summed E-state index contributed by atoms with van der Waals surface area (Å²) in [5, 5.41) is 10.5. The average molecular weight is 317 g/mol. The van der Waals surface area contributed by atoms with Crippen molar-refractivity contribution in [1.29, 1.82) is 0 Å². The fraction of sp³-hybridized carbons (Fsp3) is 0.167. The summed E-state index contributed by atoms with van der Waals surface area (Å²) in [7, 11) is -2.49. The second-order valence-electron chi connectivity index (χ2n) is 3.88. The molecule has 0 aliphatic rings. The van der Waals surface area contributed by atoms with Gasteiger partial charge in [-0.1, -0.05) is 0 Å². The number of nitrogens with one attached hydrogen (secondary N) is 1. The Morgan fingerprint density at radius 1 is 1.40 bits per heavy atom. The Balaban J connectivity index is 2.32. The van der Waals surface area contributed by atoms with Crippen LogP contribution in [0.1, 0.15) is 5.56 Å². The molecule has 0 bridgehead atoms. The molecule has 0 spiro atoms. The molecule has 0 saturated heterocycles. The molecule has 0 amide bonds. The first kappa shape index (κ1) is 14.8. The van der Waals surface area contributed by atoms with E-state index in [1.807, 2.05) is 0 Å². The second kappa shape index (κ2) is 5.78. The second-order valence-corrected chi connectivity index (χ2v) is 6.70. The number of sulfonamides is 1. The number of aliphatic hydroxyl groups excluding tert-OH is 1. The Hall–Kier alpha value is -1.64. The molecule has 20 heavy (non-hydrogen) atoms. The molecule has 1 heterocycles. The number of thiophene rings is 1. The summed E-state index contributed by atoms with van der Waals surface area (Å²) in [5.74, 6) is -0.361. The van der Waals surface area contributed by atoms with E-state index in [1.54, 1.807) is 0 Å². The Morgan fingerprint density at radius 3 is 2.75 bits per heavy atom. The van der Waals surface area contributed by atoms with Gasteiger partial charge in [-0.05, 0) is 29.1 Å². The third-order valence-corrected chi connectivity index (χ3v) is 5.35. The highest BCUT2D eigenvalue weighted by Gasteiger charge is 2.19. The van der Waals surface area contributed by atoms with Crippen molar-refractivity contribution in [3.8, 4) is 5.75 Å². The number of anilines is 1. The minimum absolute atomic E-state index is 0.00349. The van der Waals surface area contributed by atoms with Crippen LogP contribution in [0, 0.1) is 5.82 Å². The molecular weight excluding hydrogens is 305 g/mol. The topological polar surface area (TPSA) is 75.6 Å². The number of ether oxygens (including phenoxy) is 1. The van der Waals surface area contributed by atoms with Gasteiger partial charge in [-0.15, -0.1) is 11.3 Å². The summed E-state index contributed by atoms with van der Waals surface area (Å²) < 4.78 is 44.9. The maximum atomic E-state index is 13.6. The molecule has 0 unspecified atom stereocenters. The zero-order valence-electron chi connectivity index (χ0n) is 10.5. The molecule has 108 valence electrons. The molecule has 2 N–H and O–H groups in total. The van der Waals surface area contributed by atoms with E-state index < -0.39 is 15.8 Å². The maximum Gasteiger partial charge on any atom is 0.271 e. The van der Waals surface area contributed by atoms with Gasteiger partial charge >= 0.3 is 0 Å². The van der Waals surface area contributed by atoms with Gasteiger partial charge in [0.05, 0.1) is 19.4 Å². The predicted octanol–water partition coefficient (Wildman–Crippen LogP) is 2.19. The Kier molecular flexibility index (Phi) is 4.26. The fourth-order valence-corrected chi connectivity index (χ4v) is 3.74. The number of hydrogen-bond donors (Lipinski definition) is 2. The molecule has 8 heteroatoms. The Labute approximate surface area is 119 Å². The van der Waals surface area contributed by atoms with E-state index in [-0.39, 0.29) is 16.5 Å². The lowest BCUT2D eigenvalue weighted by molar-refractivity contribution is 0.282. The summed E-state index contributed by atoms with van der Waals surface area (Å²) in [6, 6.07) is 5.10. The molecule has 2 aromatic rings. The van der Waals surface area contributed by atoms with Crippen molar-refractivity contribution in [2.24, 2.45) is 0 Å². The van der Waals surface area contributed by atoms with Crippen molar-refractivity contribution >= 4 is 27.0 Å². The zero-order chi connectivity index (χ0) is 14.8. The van der Waals surface area contributed by atoms with Crippen LogP contribution in [0.15, 0.2) is 33.9 Å².